The molecule has 1 saturated heterocycles. The number of fused-ring (bicyclic) bond motifs is 1. The number of hydrogen-bond acceptors (Lipinski definition) is 2. The highest BCUT2D eigenvalue weighted by atomic mass is 16.5. The van der Waals surface area contributed by atoms with Gasteiger partial charge in [-0.1, -0.05) is 36.4 Å². The van der Waals surface area contributed by atoms with E-state index < -0.39 is 0 Å². The van der Waals surface area contributed by atoms with E-state index in [0.717, 1.165) is 25.4 Å². The fraction of sp³-hybridized carbons (Fsp3) is 0.333. The zero-order valence-corrected chi connectivity index (χ0v) is 9.86. The highest BCUT2D eigenvalue weighted by molar-refractivity contribution is 5.88. The van der Waals surface area contributed by atoms with Crippen LogP contribution in [0.25, 0.3) is 10.8 Å². The van der Waals surface area contributed by atoms with E-state index in [1.165, 1.54) is 17.2 Å². The lowest BCUT2D eigenvalue weighted by Crippen LogP contribution is -2.15. The largest absolute Gasteiger partial charge is 0.493 e. The van der Waals surface area contributed by atoms with Crippen molar-refractivity contribution in [3.05, 3.63) is 42.5 Å². The Morgan fingerprint density at radius 3 is 2.88 bits per heavy atom. The lowest BCUT2D eigenvalue weighted by atomic mass is 10.1. The van der Waals surface area contributed by atoms with Crippen molar-refractivity contribution in [2.45, 2.75) is 6.42 Å². The van der Waals surface area contributed by atoms with Gasteiger partial charge in [0.05, 0.1) is 6.61 Å². The minimum absolute atomic E-state index is 0.661. The Bertz CT molecular complexity index is 498. The second kappa shape index (κ2) is 4.76. The molecule has 88 valence electrons. The molecule has 0 aliphatic carbocycles. The first kappa shape index (κ1) is 10.6. The van der Waals surface area contributed by atoms with Gasteiger partial charge in [0.15, 0.2) is 0 Å². The maximum absolute atomic E-state index is 5.96. The van der Waals surface area contributed by atoms with Gasteiger partial charge in [-0.05, 0) is 24.4 Å². The summed E-state index contributed by atoms with van der Waals surface area (Å²) in [6.45, 7) is 3.04. The van der Waals surface area contributed by atoms with E-state index in [1.54, 1.807) is 0 Å². The van der Waals surface area contributed by atoms with E-state index in [9.17, 15) is 0 Å². The summed E-state index contributed by atoms with van der Waals surface area (Å²) < 4.78 is 5.96. The zero-order valence-electron chi connectivity index (χ0n) is 9.86. The summed E-state index contributed by atoms with van der Waals surface area (Å²) in [5, 5.41) is 5.82. The summed E-state index contributed by atoms with van der Waals surface area (Å²) in [6, 6.07) is 14.6. The topological polar surface area (TPSA) is 21.3 Å². The van der Waals surface area contributed by atoms with Gasteiger partial charge in [0.2, 0.25) is 0 Å². The third kappa shape index (κ3) is 2.27. The van der Waals surface area contributed by atoms with E-state index in [0.29, 0.717) is 5.92 Å². The first-order chi connectivity index (χ1) is 8.43. The van der Waals surface area contributed by atoms with Crippen molar-refractivity contribution in [3.63, 3.8) is 0 Å². The standard InChI is InChI=1S/C15H17NO/c1-2-6-14-13(4-1)5-3-7-15(14)17-11-12-8-9-16-10-12/h1-7,12,16H,8-11H2/t12-/m0/s1. The minimum Gasteiger partial charge on any atom is -0.493 e. The predicted molar refractivity (Wildman–Crippen MR) is 70.4 cm³/mol. The molecule has 0 radical (unpaired) electrons. The van der Waals surface area contributed by atoms with Gasteiger partial charge in [0.1, 0.15) is 5.75 Å². The maximum Gasteiger partial charge on any atom is 0.127 e. The summed E-state index contributed by atoms with van der Waals surface area (Å²) >= 11 is 0. The molecule has 3 rings (SSSR count). The number of nitrogens with one attached hydrogen (secondary N) is 1. The molecule has 0 aromatic heterocycles. The van der Waals surface area contributed by atoms with Crippen LogP contribution in [0.15, 0.2) is 42.5 Å². The van der Waals surface area contributed by atoms with Gasteiger partial charge in [0, 0.05) is 17.8 Å². The average molecular weight is 227 g/mol. The second-order valence-electron chi connectivity index (χ2n) is 4.65. The van der Waals surface area contributed by atoms with Crippen LogP contribution in [0.4, 0.5) is 0 Å². The molecule has 0 spiro atoms. The lowest BCUT2D eigenvalue weighted by Gasteiger charge is -2.12. The number of hydrogen-bond donors (Lipinski definition) is 1. The molecule has 1 aliphatic rings. The Hall–Kier alpha value is -1.54. The molecule has 17 heavy (non-hydrogen) atoms. The molecule has 0 bridgehead atoms. The Balaban J connectivity index is 1.79. The van der Waals surface area contributed by atoms with Crippen molar-refractivity contribution < 1.29 is 4.74 Å². The van der Waals surface area contributed by atoms with Gasteiger partial charge in [-0.15, -0.1) is 0 Å². The van der Waals surface area contributed by atoms with E-state index in [-0.39, 0.29) is 0 Å². The van der Waals surface area contributed by atoms with Gasteiger partial charge < -0.3 is 10.1 Å². The van der Waals surface area contributed by atoms with Crippen molar-refractivity contribution in [2.75, 3.05) is 19.7 Å². The average Bonchev–Trinajstić information content (AvgIpc) is 2.89. The predicted octanol–water partition coefficient (Wildman–Crippen LogP) is 2.83. The Labute approximate surface area is 102 Å². The maximum atomic E-state index is 5.96. The molecular weight excluding hydrogens is 210 g/mol. The van der Waals surface area contributed by atoms with Crippen LogP contribution in [0, 0.1) is 5.92 Å². The number of rotatable bonds is 3. The molecule has 1 N–H and O–H groups in total. The molecule has 0 unspecified atom stereocenters. The van der Waals surface area contributed by atoms with Gasteiger partial charge >= 0.3 is 0 Å². The fourth-order valence-electron chi connectivity index (χ4n) is 2.39. The van der Waals surface area contributed by atoms with Crippen LogP contribution in [0.2, 0.25) is 0 Å². The molecule has 2 aromatic rings. The smallest absolute Gasteiger partial charge is 0.127 e. The molecule has 2 heteroatoms. The van der Waals surface area contributed by atoms with E-state index >= 15 is 0 Å². The molecular formula is C15H17NO. The summed E-state index contributed by atoms with van der Waals surface area (Å²) in [7, 11) is 0. The quantitative estimate of drug-likeness (QED) is 0.870. The van der Waals surface area contributed by atoms with Gasteiger partial charge in [0.25, 0.3) is 0 Å². The molecule has 1 aliphatic heterocycles. The molecule has 1 fully saturated rings. The molecule has 1 atom stereocenters. The fourth-order valence-corrected chi connectivity index (χ4v) is 2.39. The van der Waals surface area contributed by atoms with Crippen LogP contribution >= 0.6 is 0 Å². The summed E-state index contributed by atoms with van der Waals surface area (Å²) in [6.07, 6.45) is 1.23. The van der Waals surface area contributed by atoms with Crippen LogP contribution in [0.1, 0.15) is 6.42 Å². The molecule has 0 amide bonds. The number of ether oxygens (including phenoxy) is 1. The Kier molecular flexibility index (Phi) is 2.97. The summed E-state index contributed by atoms with van der Waals surface area (Å²) in [5.41, 5.74) is 0. The third-order valence-electron chi connectivity index (χ3n) is 3.39. The summed E-state index contributed by atoms with van der Waals surface area (Å²) in [4.78, 5) is 0. The van der Waals surface area contributed by atoms with E-state index in [4.69, 9.17) is 4.74 Å². The van der Waals surface area contributed by atoms with Crippen molar-refractivity contribution >= 4 is 10.8 Å². The Morgan fingerprint density at radius 2 is 2.00 bits per heavy atom. The molecule has 0 saturated carbocycles. The molecule has 2 aromatic carbocycles. The Morgan fingerprint density at radius 1 is 1.12 bits per heavy atom. The zero-order chi connectivity index (χ0) is 11.5. The summed E-state index contributed by atoms with van der Waals surface area (Å²) in [5.74, 6) is 1.67. The van der Waals surface area contributed by atoms with Crippen LogP contribution < -0.4 is 10.1 Å². The van der Waals surface area contributed by atoms with Crippen LogP contribution in [0.5, 0.6) is 5.75 Å². The number of benzene rings is 2. The third-order valence-corrected chi connectivity index (χ3v) is 3.39. The van der Waals surface area contributed by atoms with Crippen molar-refractivity contribution in [1.82, 2.24) is 5.32 Å². The highest BCUT2D eigenvalue weighted by Crippen LogP contribution is 2.25. The van der Waals surface area contributed by atoms with Crippen LogP contribution in [-0.2, 0) is 0 Å². The molecule has 1 heterocycles. The molecule has 2 nitrogen and oxygen atoms in total. The SMILES string of the molecule is c1ccc2c(OC[C@H]3CCNC3)cccc2c1. The van der Waals surface area contributed by atoms with E-state index in [1.807, 2.05) is 0 Å². The second-order valence-corrected chi connectivity index (χ2v) is 4.65. The van der Waals surface area contributed by atoms with Crippen molar-refractivity contribution in [1.29, 1.82) is 0 Å². The van der Waals surface area contributed by atoms with Crippen molar-refractivity contribution in [3.8, 4) is 5.75 Å². The van der Waals surface area contributed by atoms with E-state index in [2.05, 4.69) is 47.8 Å². The van der Waals surface area contributed by atoms with Gasteiger partial charge in [-0.2, -0.15) is 0 Å². The monoisotopic (exact) mass is 227 g/mol. The first-order valence-electron chi connectivity index (χ1n) is 6.25. The lowest BCUT2D eigenvalue weighted by molar-refractivity contribution is 0.263. The van der Waals surface area contributed by atoms with Crippen molar-refractivity contribution in [2.24, 2.45) is 5.92 Å². The van der Waals surface area contributed by atoms with Crippen LogP contribution in [-0.4, -0.2) is 19.7 Å². The highest BCUT2D eigenvalue weighted by Gasteiger charge is 2.15. The van der Waals surface area contributed by atoms with Crippen LogP contribution in [0.3, 0.4) is 0 Å². The minimum atomic E-state index is 0.661. The first-order valence-corrected chi connectivity index (χ1v) is 6.25. The van der Waals surface area contributed by atoms with Gasteiger partial charge in [-0.25, -0.2) is 0 Å². The normalized spacial score (nSPS) is 19.6. The van der Waals surface area contributed by atoms with Gasteiger partial charge in [-0.3, -0.25) is 0 Å².